The molecule has 3 aromatic heterocycles. The maximum absolute atomic E-state index is 12.5. The summed E-state index contributed by atoms with van der Waals surface area (Å²) in [6.45, 7) is 3.54. The van der Waals surface area contributed by atoms with Crippen LogP contribution in [0.25, 0.3) is 11.5 Å². The molecule has 0 atom stereocenters. The molecule has 9 heteroatoms. The van der Waals surface area contributed by atoms with Crippen LogP contribution in [-0.2, 0) is 7.05 Å². The number of nitrogen functional groups attached to an aromatic ring is 1. The van der Waals surface area contributed by atoms with Crippen molar-refractivity contribution in [3.63, 3.8) is 0 Å². The predicted molar refractivity (Wildman–Crippen MR) is 94.5 cm³/mol. The third-order valence-corrected chi connectivity index (χ3v) is 3.60. The number of anilines is 2. The zero-order chi connectivity index (χ0) is 18.8. The van der Waals surface area contributed by atoms with Crippen LogP contribution in [0.15, 0.2) is 35.2 Å². The van der Waals surface area contributed by atoms with Crippen molar-refractivity contribution >= 4 is 23.2 Å². The van der Waals surface area contributed by atoms with E-state index in [-0.39, 0.29) is 29.0 Å². The number of Topliss-reactive ketones (excluding diaryl/α,β-unsaturated/α-hetero) is 1. The van der Waals surface area contributed by atoms with Crippen molar-refractivity contribution in [1.82, 2.24) is 19.7 Å². The van der Waals surface area contributed by atoms with Crippen LogP contribution in [0.1, 0.15) is 34.8 Å². The number of nitrogens with two attached hydrogens (primary N) is 1. The van der Waals surface area contributed by atoms with Crippen LogP contribution in [0.5, 0.6) is 0 Å². The Morgan fingerprint density at radius 1 is 1.35 bits per heavy atom. The van der Waals surface area contributed by atoms with Crippen LogP contribution in [0.4, 0.5) is 11.5 Å². The molecule has 0 aromatic carbocycles. The number of nitrogens with zero attached hydrogens (tertiary/aromatic N) is 4. The maximum atomic E-state index is 12.5. The maximum Gasteiger partial charge on any atom is 0.277 e. The van der Waals surface area contributed by atoms with Gasteiger partial charge in [-0.25, -0.2) is 9.97 Å². The van der Waals surface area contributed by atoms with Crippen LogP contribution in [0, 0.1) is 5.92 Å². The monoisotopic (exact) mass is 354 g/mol. The van der Waals surface area contributed by atoms with Gasteiger partial charge in [0.1, 0.15) is 12.1 Å². The van der Waals surface area contributed by atoms with Crippen LogP contribution in [0.2, 0.25) is 0 Å². The van der Waals surface area contributed by atoms with Crippen LogP contribution in [0.3, 0.4) is 0 Å². The molecular formula is C17H18N6O3. The van der Waals surface area contributed by atoms with Crippen molar-refractivity contribution in [2.45, 2.75) is 13.8 Å². The predicted octanol–water partition coefficient (Wildman–Crippen LogP) is 2.14. The molecule has 0 saturated heterocycles. The molecule has 3 aromatic rings. The Balaban J connectivity index is 1.83. The highest BCUT2D eigenvalue weighted by molar-refractivity contribution is 6.08. The number of nitrogens with one attached hydrogen (secondary N) is 1. The third kappa shape index (κ3) is 3.46. The molecule has 0 radical (unpaired) electrons. The molecule has 1 amide bonds. The Hall–Kier alpha value is -3.49. The van der Waals surface area contributed by atoms with Crippen LogP contribution in [-0.4, -0.2) is 31.4 Å². The SMILES string of the molecule is CC(C)C(=O)c1nn(C)cc1NC(=O)c1coc(-c2ccnc(N)c2)n1. The topological polar surface area (TPSA) is 129 Å². The summed E-state index contributed by atoms with van der Waals surface area (Å²) < 4.78 is 6.81. The minimum absolute atomic E-state index is 0.0715. The highest BCUT2D eigenvalue weighted by Crippen LogP contribution is 2.21. The van der Waals surface area contributed by atoms with Crippen LogP contribution >= 0.6 is 0 Å². The summed E-state index contributed by atoms with van der Waals surface area (Å²) in [7, 11) is 1.68. The average molecular weight is 354 g/mol. The van der Waals surface area contributed by atoms with E-state index in [9.17, 15) is 9.59 Å². The molecule has 0 unspecified atom stereocenters. The Bertz CT molecular complexity index is 973. The number of carbonyl (C=O) groups is 2. The lowest BCUT2D eigenvalue weighted by molar-refractivity contribution is 0.0934. The van der Waals surface area contributed by atoms with E-state index >= 15 is 0 Å². The Labute approximate surface area is 149 Å². The van der Waals surface area contributed by atoms with E-state index < -0.39 is 5.91 Å². The van der Waals surface area contributed by atoms with Gasteiger partial charge in [-0.3, -0.25) is 14.3 Å². The van der Waals surface area contributed by atoms with Gasteiger partial charge in [0.15, 0.2) is 17.2 Å². The lowest BCUT2D eigenvalue weighted by Crippen LogP contribution is -2.16. The average Bonchev–Trinajstić information content (AvgIpc) is 3.21. The second kappa shape index (κ2) is 6.79. The molecule has 3 N–H and O–H groups in total. The number of aryl methyl sites for hydroxylation is 1. The number of hydrogen-bond donors (Lipinski definition) is 2. The van der Waals surface area contributed by atoms with E-state index in [4.69, 9.17) is 10.2 Å². The lowest BCUT2D eigenvalue weighted by atomic mass is 10.1. The van der Waals surface area contributed by atoms with Crippen molar-refractivity contribution in [2.24, 2.45) is 13.0 Å². The normalized spacial score (nSPS) is 10.9. The smallest absolute Gasteiger partial charge is 0.277 e. The van der Waals surface area contributed by atoms with Gasteiger partial charge in [-0.1, -0.05) is 13.8 Å². The molecule has 134 valence electrons. The van der Waals surface area contributed by atoms with Crippen molar-refractivity contribution in [3.8, 4) is 11.5 Å². The van der Waals surface area contributed by atoms with E-state index in [1.165, 1.54) is 17.1 Å². The molecule has 0 fully saturated rings. The molecule has 0 aliphatic rings. The van der Waals surface area contributed by atoms with Gasteiger partial charge >= 0.3 is 0 Å². The summed E-state index contributed by atoms with van der Waals surface area (Å²) in [5.74, 6) is -0.342. The second-order valence-electron chi connectivity index (χ2n) is 6.05. The Morgan fingerprint density at radius 2 is 2.12 bits per heavy atom. The van der Waals surface area contributed by atoms with Gasteiger partial charge in [0.25, 0.3) is 5.91 Å². The first-order valence-electron chi connectivity index (χ1n) is 7.91. The molecule has 3 rings (SSSR count). The van der Waals surface area contributed by atoms with Crippen LogP contribution < -0.4 is 11.1 Å². The van der Waals surface area contributed by atoms with E-state index in [0.29, 0.717) is 17.1 Å². The minimum atomic E-state index is -0.507. The molecule has 3 heterocycles. The fourth-order valence-corrected chi connectivity index (χ4v) is 2.31. The largest absolute Gasteiger partial charge is 0.444 e. The molecule has 0 saturated carbocycles. The fourth-order valence-electron chi connectivity index (χ4n) is 2.31. The van der Waals surface area contributed by atoms with E-state index in [2.05, 4.69) is 20.4 Å². The van der Waals surface area contributed by atoms with E-state index in [0.717, 1.165) is 0 Å². The molecule has 0 aliphatic heterocycles. The van der Waals surface area contributed by atoms with Crippen molar-refractivity contribution in [1.29, 1.82) is 0 Å². The number of ketones is 1. The number of aromatic nitrogens is 4. The summed E-state index contributed by atoms with van der Waals surface area (Å²) in [6.07, 6.45) is 4.33. The fraction of sp³-hybridized carbons (Fsp3) is 0.235. The molecule has 26 heavy (non-hydrogen) atoms. The zero-order valence-electron chi connectivity index (χ0n) is 14.6. The number of pyridine rings is 1. The first-order valence-corrected chi connectivity index (χ1v) is 7.91. The van der Waals surface area contributed by atoms with E-state index in [1.54, 1.807) is 39.2 Å². The standard InChI is InChI=1S/C17H18N6O3/c1-9(2)15(24)14-11(7-23(3)22-14)20-16(25)12-8-26-17(21-12)10-4-5-19-13(18)6-10/h4-9H,1-3H3,(H2,18,19)(H,20,25). The summed E-state index contributed by atoms with van der Waals surface area (Å²) in [4.78, 5) is 32.8. The summed E-state index contributed by atoms with van der Waals surface area (Å²) in [6, 6.07) is 3.26. The van der Waals surface area contributed by atoms with E-state index in [1.807, 2.05) is 0 Å². The number of carbonyl (C=O) groups excluding carboxylic acids is 2. The quantitative estimate of drug-likeness (QED) is 0.671. The van der Waals surface area contributed by atoms with Crippen molar-refractivity contribution < 1.29 is 14.0 Å². The Kier molecular flexibility index (Phi) is 4.53. The van der Waals surface area contributed by atoms with Crippen molar-refractivity contribution in [3.05, 3.63) is 42.2 Å². The first kappa shape index (κ1) is 17.3. The van der Waals surface area contributed by atoms with Gasteiger partial charge in [0, 0.05) is 30.9 Å². The highest BCUT2D eigenvalue weighted by atomic mass is 16.3. The van der Waals surface area contributed by atoms with Crippen molar-refractivity contribution in [2.75, 3.05) is 11.1 Å². The van der Waals surface area contributed by atoms with Gasteiger partial charge in [0.2, 0.25) is 5.89 Å². The minimum Gasteiger partial charge on any atom is -0.444 e. The zero-order valence-corrected chi connectivity index (χ0v) is 14.6. The van der Waals surface area contributed by atoms with Gasteiger partial charge in [0.05, 0.1) is 5.69 Å². The molecule has 0 spiro atoms. The van der Waals surface area contributed by atoms with Gasteiger partial charge in [-0.05, 0) is 12.1 Å². The number of amides is 1. The molecule has 9 nitrogen and oxygen atoms in total. The number of hydrogen-bond acceptors (Lipinski definition) is 7. The summed E-state index contributed by atoms with van der Waals surface area (Å²) in [5, 5.41) is 6.79. The number of rotatable bonds is 5. The van der Waals surface area contributed by atoms with Gasteiger partial charge in [-0.15, -0.1) is 0 Å². The molecule has 0 bridgehead atoms. The van der Waals surface area contributed by atoms with Gasteiger partial charge < -0.3 is 15.5 Å². The summed E-state index contributed by atoms with van der Waals surface area (Å²) >= 11 is 0. The Morgan fingerprint density at radius 3 is 2.81 bits per heavy atom. The second-order valence-corrected chi connectivity index (χ2v) is 6.05. The highest BCUT2D eigenvalue weighted by Gasteiger charge is 2.22. The number of oxazole rings is 1. The molecule has 0 aliphatic carbocycles. The third-order valence-electron chi connectivity index (χ3n) is 3.60. The summed E-state index contributed by atoms with van der Waals surface area (Å²) in [5.41, 5.74) is 6.85. The lowest BCUT2D eigenvalue weighted by Gasteiger charge is -2.04. The van der Waals surface area contributed by atoms with Gasteiger partial charge in [-0.2, -0.15) is 5.10 Å². The first-order chi connectivity index (χ1) is 12.3. The molecular weight excluding hydrogens is 336 g/mol.